The molecule has 72 valence electrons. The van der Waals surface area contributed by atoms with Crippen LogP contribution in [-0.2, 0) is 11.8 Å². The molecule has 13 heavy (non-hydrogen) atoms. The van der Waals surface area contributed by atoms with E-state index in [-0.39, 0.29) is 5.38 Å². The van der Waals surface area contributed by atoms with Gasteiger partial charge in [0.25, 0.3) is 0 Å². The summed E-state index contributed by atoms with van der Waals surface area (Å²) in [4.78, 5) is 15.2. The Balaban J connectivity index is 3.06. The maximum absolute atomic E-state index is 11.1. The summed E-state index contributed by atoms with van der Waals surface area (Å²) in [5.41, 5.74) is 0.407. The molecule has 1 atom stereocenters. The van der Waals surface area contributed by atoms with Crippen molar-refractivity contribution in [3.05, 3.63) is 17.7 Å². The first kappa shape index (κ1) is 10.1. The Morgan fingerprint density at radius 2 is 2.38 bits per heavy atom. The van der Waals surface area contributed by atoms with E-state index in [0.717, 1.165) is 0 Å². The summed E-state index contributed by atoms with van der Waals surface area (Å²) in [7, 11) is 3.06. The fourth-order valence-electron chi connectivity index (χ4n) is 1.09. The molecule has 1 rings (SSSR count). The van der Waals surface area contributed by atoms with Gasteiger partial charge in [-0.15, -0.1) is 11.6 Å². The second kappa shape index (κ2) is 3.79. The third-order valence-electron chi connectivity index (χ3n) is 1.77. The van der Waals surface area contributed by atoms with E-state index in [2.05, 4.69) is 9.72 Å². The number of carbonyl (C=O) groups excluding carboxylic acids is 1. The molecule has 0 spiro atoms. The molecule has 0 aliphatic rings. The Morgan fingerprint density at radius 1 is 1.77 bits per heavy atom. The molecular weight excluding hydrogens is 192 g/mol. The zero-order valence-corrected chi connectivity index (χ0v) is 8.50. The van der Waals surface area contributed by atoms with Gasteiger partial charge < -0.3 is 9.30 Å². The number of hydrogen-bond donors (Lipinski definition) is 0. The number of ether oxygens (including phenoxy) is 1. The summed E-state index contributed by atoms with van der Waals surface area (Å²) in [6.45, 7) is 1.80. The van der Waals surface area contributed by atoms with Gasteiger partial charge >= 0.3 is 5.97 Å². The number of aromatic nitrogens is 2. The van der Waals surface area contributed by atoms with Gasteiger partial charge in [0.05, 0.1) is 18.7 Å². The van der Waals surface area contributed by atoms with Gasteiger partial charge in [0.15, 0.2) is 0 Å². The average molecular weight is 203 g/mol. The fourth-order valence-corrected chi connectivity index (χ4v) is 1.29. The van der Waals surface area contributed by atoms with Crippen molar-refractivity contribution in [2.75, 3.05) is 7.11 Å². The molecule has 0 fully saturated rings. The van der Waals surface area contributed by atoms with E-state index < -0.39 is 5.97 Å². The SMILES string of the molecule is COC(=O)c1cnc(C(C)Cl)n1C. The van der Waals surface area contributed by atoms with Crippen LogP contribution in [0.5, 0.6) is 0 Å². The van der Waals surface area contributed by atoms with Gasteiger partial charge in [-0.25, -0.2) is 9.78 Å². The largest absolute Gasteiger partial charge is 0.464 e. The lowest BCUT2D eigenvalue weighted by atomic mass is 10.4. The van der Waals surface area contributed by atoms with Crippen molar-refractivity contribution < 1.29 is 9.53 Å². The fraction of sp³-hybridized carbons (Fsp3) is 0.500. The Bertz CT molecular complexity index is 320. The average Bonchev–Trinajstić information content (AvgIpc) is 2.46. The van der Waals surface area contributed by atoms with Crippen molar-refractivity contribution in [1.29, 1.82) is 0 Å². The zero-order valence-electron chi connectivity index (χ0n) is 7.74. The van der Waals surface area contributed by atoms with Gasteiger partial charge in [-0.1, -0.05) is 0 Å². The predicted molar refractivity (Wildman–Crippen MR) is 48.8 cm³/mol. The van der Waals surface area contributed by atoms with Crippen LogP contribution in [0.3, 0.4) is 0 Å². The number of imidazole rings is 1. The number of halogens is 1. The molecule has 1 aromatic heterocycles. The zero-order chi connectivity index (χ0) is 10.0. The topological polar surface area (TPSA) is 44.1 Å². The molecule has 0 aromatic carbocycles. The molecular formula is C8H11ClN2O2. The van der Waals surface area contributed by atoms with Gasteiger partial charge in [0, 0.05) is 7.05 Å². The molecule has 5 heteroatoms. The third-order valence-corrected chi connectivity index (χ3v) is 1.97. The predicted octanol–water partition coefficient (Wildman–Crippen LogP) is 1.51. The van der Waals surface area contributed by atoms with Crippen LogP contribution < -0.4 is 0 Å². The van der Waals surface area contributed by atoms with E-state index in [1.54, 1.807) is 18.5 Å². The lowest BCUT2D eigenvalue weighted by Gasteiger charge is -2.05. The van der Waals surface area contributed by atoms with Gasteiger partial charge in [0.2, 0.25) is 0 Å². The summed E-state index contributed by atoms with van der Waals surface area (Å²) in [6, 6.07) is 0. The summed E-state index contributed by atoms with van der Waals surface area (Å²) in [5.74, 6) is 0.251. The van der Waals surface area contributed by atoms with E-state index in [9.17, 15) is 4.79 Å². The number of methoxy groups -OCH3 is 1. The van der Waals surface area contributed by atoms with Crippen molar-refractivity contribution in [1.82, 2.24) is 9.55 Å². The van der Waals surface area contributed by atoms with E-state index in [4.69, 9.17) is 11.6 Å². The number of hydrogen-bond acceptors (Lipinski definition) is 3. The highest BCUT2D eigenvalue weighted by atomic mass is 35.5. The van der Waals surface area contributed by atoms with Crippen molar-refractivity contribution in [3.63, 3.8) is 0 Å². The number of nitrogens with zero attached hydrogens (tertiary/aromatic N) is 2. The molecule has 0 aliphatic carbocycles. The van der Waals surface area contributed by atoms with Crippen LogP contribution >= 0.6 is 11.6 Å². The normalized spacial score (nSPS) is 12.6. The molecule has 0 aliphatic heterocycles. The monoisotopic (exact) mass is 202 g/mol. The van der Waals surface area contributed by atoms with Crippen molar-refractivity contribution in [2.24, 2.45) is 7.05 Å². The van der Waals surface area contributed by atoms with Crippen LogP contribution in [-0.4, -0.2) is 22.6 Å². The van der Waals surface area contributed by atoms with Gasteiger partial charge in [0.1, 0.15) is 11.5 Å². The summed E-state index contributed by atoms with van der Waals surface area (Å²) in [5, 5.41) is -0.219. The highest BCUT2D eigenvalue weighted by Crippen LogP contribution is 2.18. The Morgan fingerprint density at radius 3 is 2.77 bits per heavy atom. The Labute approximate surface area is 81.5 Å². The summed E-state index contributed by atoms with van der Waals surface area (Å²) >= 11 is 5.83. The van der Waals surface area contributed by atoms with Crippen molar-refractivity contribution >= 4 is 17.6 Å². The van der Waals surface area contributed by atoms with E-state index >= 15 is 0 Å². The Kier molecular flexibility index (Phi) is 2.93. The molecule has 0 N–H and O–H groups in total. The van der Waals surface area contributed by atoms with Gasteiger partial charge in [-0.05, 0) is 6.92 Å². The number of rotatable bonds is 2. The summed E-state index contributed by atoms with van der Waals surface area (Å²) in [6.07, 6.45) is 1.46. The molecule has 0 saturated heterocycles. The highest BCUT2D eigenvalue weighted by molar-refractivity contribution is 6.20. The molecule has 1 unspecified atom stereocenters. The molecule has 1 aromatic rings. The van der Waals surface area contributed by atoms with E-state index in [1.807, 2.05) is 0 Å². The van der Waals surface area contributed by atoms with E-state index in [1.165, 1.54) is 13.3 Å². The maximum Gasteiger partial charge on any atom is 0.356 e. The number of alkyl halides is 1. The molecule has 0 bridgehead atoms. The van der Waals surface area contributed by atoms with Crippen LogP contribution in [0.4, 0.5) is 0 Å². The Hall–Kier alpha value is -1.03. The molecule has 0 radical (unpaired) electrons. The van der Waals surface area contributed by atoms with Crippen LogP contribution in [0.25, 0.3) is 0 Å². The smallest absolute Gasteiger partial charge is 0.356 e. The van der Waals surface area contributed by atoms with Crippen LogP contribution in [0.1, 0.15) is 28.6 Å². The minimum atomic E-state index is -0.404. The molecule has 0 amide bonds. The van der Waals surface area contributed by atoms with Gasteiger partial charge in [-0.3, -0.25) is 0 Å². The van der Waals surface area contributed by atoms with E-state index in [0.29, 0.717) is 11.5 Å². The quantitative estimate of drug-likeness (QED) is 0.539. The first-order valence-electron chi connectivity index (χ1n) is 3.82. The standard InChI is InChI=1S/C8H11ClN2O2/c1-5(9)7-10-4-6(11(7)2)8(12)13-3/h4-5H,1-3H3. The molecule has 4 nitrogen and oxygen atoms in total. The van der Waals surface area contributed by atoms with Crippen LogP contribution in [0.15, 0.2) is 6.20 Å². The third kappa shape index (κ3) is 1.83. The highest BCUT2D eigenvalue weighted by Gasteiger charge is 2.16. The number of esters is 1. The molecule has 0 saturated carbocycles. The van der Waals surface area contributed by atoms with Crippen molar-refractivity contribution in [2.45, 2.75) is 12.3 Å². The second-order valence-electron chi connectivity index (χ2n) is 2.67. The summed E-state index contributed by atoms with van der Waals surface area (Å²) < 4.78 is 6.20. The van der Waals surface area contributed by atoms with Crippen LogP contribution in [0, 0.1) is 0 Å². The second-order valence-corrected chi connectivity index (χ2v) is 3.32. The van der Waals surface area contributed by atoms with Gasteiger partial charge in [-0.2, -0.15) is 0 Å². The minimum absolute atomic E-state index is 0.219. The minimum Gasteiger partial charge on any atom is -0.464 e. The molecule has 1 heterocycles. The lowest BCUT2D eigenvalue weighted by molar-refractivity contribution is 0.0589. The first-order valence-corrected chi connectivity index (χ1v) is 4.25. The van der Waals surface area contributed by atoms with Crippen LogP contribution in [0.2, 0.25) is 0 Å². The lowest BCUT2D eigenvalue weighted by Crippen LogP contribution is -2.09. The number of carbonyl (C=O) groups is 1. The van der Waals surface area contributed by atoms with Crippen molar-refractivity contribution in [3.8, 4) is 0 Å². The maximum atomic E-state index is 11.1. The first-order chi connectivity index (χ1) is 6.07.